The Labute approximate surface area is 138 Å². The fourth-order valence-corrected chi connectivity index (χ4v) is 10.4. The zero-order valence-corrected chi connectivity index (χ0v) is 17.4. The summed E-state index contributed by atoms with van der Waals surface area (Å²) in [5.74, 6) is -0.649. The minimum atomic E-state index is -2.03. The Kier molecular flexibility index (Phi) is 6.14. The summed E-state index contributed by atoms with van der Waals surface area (Å²) in [7, 11) is 1.39. The molecule has 0 amide bonds. The second-order valence-corrected chi connectivity index (χ2v) is 22.4. The van der Waals surface area contributed by atoms with Gasteiger partial charge in [-0.15, -0.1) is 0 Å². The molecule has 2 aliphatic rings. The third-order valence-electron chi connectivity index (χ3n) is 5.26. The summed E-state index contributed by atoms with van der Waals surface area (Å²) in [5, 5.41) is 0. The van der Waals surface area contributed by atoms with Crippen LogP contribution < -0.4 is 0 Å². The Bertz CT molecular complexity index is 473. The number of ketones is 1. The van der Waals surface area contributed by atoms with Gasteiger partial charge in [0.2, 0.25) is 0 Å². The predicted molar refractivity (Wildman–Crippen MR) is 91.3 cm³/mol. The van der Waals surface area contributed by atoms with Crippen LogP contribution in [0.15, 0.2) is 9.16 Å². The van der Waals surface area contributed by atoms with Crippen molar-refractivity contribution in [3.63, 3.8) is 0 Å². The zero-order valence-electron chi connectivity index (χ0n) is 14.5. The van der Waals surface area contributed by atoms with E-state index in [4.69, 9.17) is 4.74 Å². The van der Waals surface area contributed by atoms with Crippen LogP contribution in [0.3, 0.4) is 0 Å². The number of rotatable bonds is 4. The van der Waals surface area contributed by atoms with Crippen molar-refractivity contribution in [3.05, 3.63) is 9.16 Å². The number of hydrogen-bond donors (Lipinski definition) is 0. The van der Waals surface area contributed by atoms with E-state index in [0.717, 1.165) is 25.7 Å². The molecule has 0 N–H and O–H groups in total. The number of allylic oxidation sites excluding steroid dienone is 2. The van der Waals surface area contributed by atoms with Crippen LogP contribution in [0, 0.1) is 11.8 Å². The van der Waals surface area contributed by atoms with Gasteiger partial charge in [0.25, 0.3) is 0 Å². The van der Waals surface area contributed by atoms with Crippen molar-refractivity contribution in [1.82, 2.24) is 0 Å². The van der Waals surface area contributed by atoms with Gasteiger partial charge in [0, 0.05) is 0 Å². The van der Waals surface area contributed by atoms with Crippen molar-refractivity contribution in [3.8, 4) is 0 Å². The van der Waals surface area contributed by atoms with Crippen molar-refractivity contribution in [1.29, 1.82) is 0 Å². The molecular formula is C18H30O3Sn. The topological polar surface area (TPSA) is 43.4 Å². The van der Waals surface area contributed by atoms with Gasteiger partial charge in [-0.2, -0.15) is 0 Å². The summed E-state index contributed by atoms with van der Waals surface area (Å²) < 4.78 is 6.60. The number of Topliss-reactive ketones (excluding diaryl/α,β-unsaturated/α-hetero) is 1. The molecule has 0 aromatic heterocycles. The van der Waals surface area contributed by atoms with Crippen LogP contribution in [0.4, 0.5) is 0 Å². The molecule has 0 aliphatic heterocycles. The van der Waals surface area contributed by atoms with E-state index in [-0.39, 0.29) is 17.7 Å². The number of ether oxygens (including phenoxy) is 1. The standard InChI is InChI=1S/C15H21O3.3CH3.Sn/c1-18-15(17)13-9-5-4-8-12(14(13)16)10-11-6-2-3-7-11;;;;/h12-13H,2-6,8-10H2,1H3;3*1H3;. The summed E-state index contributed by atoms with van der Waals surface area (Å²) in [6.45, 7) is 0. The first-order valence-electron chi connectivity index (χ1n) is 8.67. The van der Waals surface area contributed by atoms with Crippen molar-refractivity contribution in [2.45, 2.75) is 66.2 Å². The van der Waals surface area contributed by atoms with E-state index in [1.807, 2.05) is 0 Å². The molecule has 1 fully saturated rings. The molecule has 1 saturated carbocycles. The Morgan fingerprint density at radius 3 is 2.45 bits per heavy atom. The molecule has 0 bridgehead atoms. The van der Waals surface area contributed by atoms with Gasteiger partial charge in [0.15, 0.2) is 0 Å². The van der Waals surface area contributed by atoms with Crippen molar-refractivity contribution < 1.29 is 14.3 Å². The normalized spacial score (nSPS) is 27.0. The average molecular weight is 413 g/mol. The van der Waals surface area contributed by atoms with Crippen LogP contribution in [-0.2, 0) is 14.3 Å². The second kappa shape index (κ2) is 7.50. The van der Waals surface area contributed by atoms with Gasteiger partial charge in [0.05, 0.1) is 0 Å². The molecular weight excluding hydrogens is 383 g/mol. The minimum absolute atomic E-state index is 0.0448. The van der Waals surface area contributed by atoms with Gasteiger partial charge in [-0.05, 0) is 0 Å². The molecule has 0 spiro atoms. The first-order valence-corrected chi connectivity index (χ1v) is 18.7. The molecule has 124 valence electrons. The average Bonchev–Trinajstić information content (AvgIpc) is 2.85. The molecule has 0 aromatic carbocycles. The number of carbonyl (C=O) groups excluding carboxylic acids is 2. The van der Waals surface area contributed by atoms with E-state index in [1.54, 1.807) is 9.16 Å². The van der Waals surface area contributed by atoms with Gasteiger partial charge in [-0.3, -0.25) is 0 Å². The Morgan fingerprint density at radius 2 is 1.82 bits per heavy atom. The van der Waals surface area contributed by atoms with Crippen molar-refractivity contribution in [2.75, 3.05) is 7.11 Å². The first kappa shape index (κ1) is 18.0. The van der Waals surface area contributed by atoms with Crippen LogP contribution in [0.2, 0.25) is 14.8 Å². The van der Waals surface area contributed by atoms with Crippen LogP contribution in [-0.4, -0.2) is 37.2 Å². The van der Waals surface area contributed by atoms with Crippen LogP contribution >= 0.6 is 0 Å². The number of hydrogen-bond acceptors (Lipinski definition) is 3. The van der Waals surface area contributed by atoms with Gasteiger partial charge < -0.3 is 0 Å². The van der Waals surface area contributed by atoms with Gasteiger partial charge in [-0.25, -0.2) is 0 Å². The SMILES string of the molecule is COC(=O)C1CCCCC(CC2=[C]([Sn]([CH3])([CH3])[CH3])CCC2)C1=O. The van der Waals surface area contributed by atoms with E-state index < -0.39 is 24.3 Å². The molecule has 2 atom stereocenters. The zero-order chi connectivity index (χ0) is 16.3. The van der Waals surface area contributed by atoms with Crippen LogP contribution in [0.5, 0.6) is 0 Å². The molecule has 2 rings (SSSR count). The molecule has 0 saturated heterocycles. The van der Waals surface area contributed by atoms with Gasteiger partial charge in [-0.1, -0.05) is 0 Å². The maximum absolute atomic E-state index is 12.8. The maximum atomic E-state index is 12.8. The summed E-state index contributed by atoms with van der Waals surface area (Å²) >= 11 is -2.03. The first-order chi connectivity index (χ1) is 10.3. The molecule has 22 heavy (non-hydrogen) atoms. The predicted octanol–water partition coefficient (Wildman–Crippen LogP) is 4.28. The van der Waals surface area contributed by atoms with Gasteiger partial charge in [0.1, 0.15) is 0 Å². The van der Waals surface area contributed by atoms with Gasteiger partial charge >= 0.3 is 139 Å². The quantitative estimate of drug-likeness (QED) is 0.299. The fourth-order valence-electron chi connectivity index (χ4n) is 4.12. The van der Waals surface area contributed by atoms with Crippen molar-refractivity contribution in [2.24, 2.45) is 11.8 Å². The Balaban J connectivity index is 2.17. The molecule has 2 aliphatic carbocycles. The van der Waals surface area contributed by atoms with Crippen molar-refractivity contribution >= 4 is 30.1 Å². The van der Waals surface area contributed by atoms with E-state index in [9.17, 15) is 9.59 Å². The van der Waals surface area contributed by atoms with Crippen LogP contribution in [0.25, 0.3) is 0 Å². The second-order valence-electron chi connectivity index (χ2n) is 7.85. The van der Waals surface area contributed by atoms with E-state index in [1.165, 1.54) is 26.4 Å². The summed E-state index contributed by atoms with van der Waals surface area (Å²) in [6, 6.07) is 0. The summed E-state index contributed by atoms with van der Waals surface area (Å²) in [5.41, 5.74) is 1.58. The van der Waals surface area contributed by atoms with E-state index in [0.29, 0.717) is 6.42 Å². The van der Waals surface area contributed by atoms with E-state index in [2.05, 4.69) is 14.8 Å². The molecule has 2 unspecified atom stereocenters. The Morgan fingerprint density at radius 1 is 1.14 bits per heavy atom. The van der Waals surface area contributed by atoms with Crippen LogP contribution in [0.1, 0.15) is 51.4 Å². The number of esters is 1. The molecule has 0 aromatic rings. The number of methoxy groups -OCH3 is 1. The Hall–Kier alpha value is -0.321. The monoisotopic (exact) mass is 414 g/mol. The summed E-state index contributed by atoms with van der Waals surface area (Å²) in [6.07, 6.45) is 8.26. The number of carbonyl (C=O) groups is 2. The molecule has 4 heteroatoms. The third kappa shape index (κ3) is 4.15. The molecule has 0 radical (unpaired) electrons. The third-order valence-corrected chi connectivity index (χ3v) is 12.1. The fraction of sp³-hybridized carbons (Fsp3) is 0.778. The molecule has 3 nitrogen and oxygen atoms in total. The van der Waals surface area contributed by atoms with E-state index >= 15 is 0 Å². The molecule has 0 heterocycles. The summed E-state index contributed by atoms with van der Waals surface area (Å²) in [4.78, 5) is 32.1.